The van der Waals surface area contributed by atoms with Gasteiger partial charge in [0.2, 0.25) is 0 Å². The maximum Gasteiger partial charge on any atom is 0.397 e. The number of hydrogen-bond acceptors (Lipinski definition) is 0. The summed E-state index contributed by atoms with van der Waals surface area (Å²) >= 11 is 0. The van der Waals surface area contributed by atoms with Crippen molar-refractivity contribution in [1.29, 1.82) is 0 Å². The first-order chi connectivity index (χ1) is 4.93. The zero-order chi connectivity index (χ0) is 9.07. The van der Waals surface area contributed by atoms with E-state index in [1.165, 1.54) is 0 Å². The van der Waals surface area contributed by atoms with Gasteiger partial charge in [0.15, 0.2) is 0 Å². The summed E-state index contributed by atoms with van der Waals surface area (Å²) in [5.74, 6) is -2.83. The molecular formula is C5H6F6. The first-order valence-electron chi connectivity index (χ1n) is 2.76. The van der Waals surface area contributed by atoms with Crippen LogP contribution in [0.1, 0.15) is 0 Å². The summed E-state index contributed by atoms with van der Waals surface area (Å²) in [6.45, 7) is -3.73. The number of halogens is 6. The van der Waals surface area contributed by atoms with E-state index < -0.39 is 31.6 Å². The monoisotopic (exact) mass is 180 g/mol. The highest BCUT2D eigenvalue weighted by Gasteiger charge is 2.45. The van der Waals surface area contributed by atoms with Crippen molar-refractivity contribution in [3.63, 3.8) is 0 Å². The second-order valence-corrected chi connectivity index (χ2v) is 1.97. The maximum absolute atomic E-state index is 12.0. The maximum atomic E-state index is 12.0. The highest BCUT2D eigenvalue weighted by molar-refractivity contribution is 4.74. The minimum Gasteiger partial charge on any atom is -0.250 e. The van der Waals surface area contributed by atoms with Gasteiger partial charge in [0, 0.05) is 0 Å². The van der Waals surface area contributed by atoms with Gasteiger partial charge in [0.25, 0.3) is 0 Å². The summed E-state index contributed by atoms with van der Waals surface area (Å²) in [4.78, 5) is 0. The lowest BCUT2D eigenvalue weighted by Crippen LogP contribution is -2.34. The Morgan fingerprint density at radius 1 is 1.00 bits per heavy atom. The Hall–Kier alpha value is -0.420. The van der Waals surface area contributed by atoms with E-state index in [-0.39, 0.29) is 0 Å². The van der Waals surface area contributed by atoms with Gasteiger partial charge in [-0.2, -0.15) is 13.2 Å². The minimum atomic E-state index is -5.00. The summed E-state index contributed by atoms with van der Waals surface area (Å²) in [7, 11) is 0. The van der Waals surface area contributed by atoms with Crippen molar-refractivity contribution in [2.45, 2.75) is 12.3 Å². The molecule has 0 aliphatic carbocycles. The molecule has 0 amide bonds. The van der Waals surface area contributed by atoms with Crippen LogP contribution in [-0.4, -0.2) is 25.7 Å². The molecule has 0 fully saturated rings. The van der Waals surface area contributed by atoms with E-state index in [1.807, 2.05) is 0 Å². The fraction of sp³-hybridized carbons (Fsp3) is 1.00. The molecular weight excluding hydrogens is 174 g/mol. The van der Waals surface area contributed by atoms with Gasteiger partial charge >= 0.3 is 6.18 Å². The molecule has 0 heterocycles. The van der Waals surface area contributed by atoms with E-state index in [4.69, 9.17) is 0 Å². The summed E-state index contributed by atoms with van der Waals surface area (Å²) in [5.41, 5.74) is 0. The van der Waals surface area contributed by atoms with Gasteiger partial charge in [-0.25, -0.2) is 8.78 Å². The van der Waals surface area contributed by atoms with Gasteiger partial charge in [-0.05, 0) is 0 Å². The average molecular weight is 180 g/mol. The van der Waals surface area contributed by atoms with Gasteiger partial charge in [0.05, 0.1) is 0 Å². The van der Waals surface area contributed by atoms with Gasteiger partial charge in [0.1, 0.15) is 25.4 Å². The predicted octanol–water partition coefficient (Wildman–Crippen LogP) is 2.44. The van der Waals surface area contributed by atoms with E-state index in [0.717, 1.165) is 0 Å². The normalized spacial score (nSPS) is 18.0. The molecule has 0 aromatic heterocycles. The zero-order valence-electron chi connectivity index (χ0n) is 5.34. The van der Waals surface area contributed by atoms with Gasteiger partial charge in [-0.15, -0.1) is 0 Å². The van der Waals surface area contributed by atoms with Crippen molar-refractivity contribution in [3.8, 4) is 0 Å². The fourth-order valence-corrected chi connectivity index (χ4v) is 0.497. The van der Waals surface area contributed by atoms with Gasteiger partial charge in [-0.3, -0.25) is 4.39 Å². The van der Waals surface area contributed by atoms with E-state index in [0.29, 0.717) is 0 Å². The van der Waals surface area contributed by atoms with Crippen molar-refractivity contribution in [2.75, 3.05) is 13.3 Å². The van der Waals surface area contributed by atoms with Crippen LogP contribution in [0.5, 0.6) is 0 Å². The molecule has 0 saturated carbocycles. The quantitative estimate of drug-likeness (QED) is 0.585. The number of hydrogen-bond donors (Lipinski definition) is 0. The largest absolute Gasteiger partial charge is 0.397 e. The smallest absolute Gasteiger partial charge is 0.250 e. The SMILES string of the molecule is FCC(F)C(CF)C(F)(F)F. The molecule has 0 aliphatic heterocycles. The fourth-order valence-electron chi connectivity index (χ4n) is 0.497. The highest BCUT2D eigenvalue weighted by Crippen LogP contribution is 2.30. The third-order valence-electron chi connectivity index (χ3n) is 1.17. The van der Waals surface area contributed by atoms with Gasteiger partial charge in [-0.1, -0.05) is 0 Å². The molecule has 0 N–H and O–H groups in total. The molecule has 0 saturated heterocycles. The Morgan fingerprint density at radius 3 is 1.55 bits per heavy atom. The lowest BCUT2D eigenvalue weighted by Gasteiger charge is -2.18. The Balaban J connectivity index is 4.16. The van der Waals surface area contributed by atoms with Crippen molar-refractivity contribution < 1.29 is 26.3 Å². The molecule has 0 bridgehead atoms. The van der Waals surface area contributed by atoms with Crippen LogP contribution in [0.4, 0.5) is 26.3 Å². The zero-order valence-corrected chi connectivity index (χ0v) is 5.34. The van der Waals surface area contributed by atoms with Crippen molar-refractivity contribution >= 4 is 0 Å². The molecule has 2 unspecified atom stereocenters. The van der Waals surface area contributed by atoms with Crippen LogP contribution >= 0.6 is 0 Å². The Kier molecular flexibility index (Phi) is 3.68. The standard InChI is InChI=1S/C5H6F6/c6-1-3(4(8)2-7)5(9,10)11/h3-4H,1-2H2. The highest BCUT2D eigenvalue weighted by atomic mass is 19.4. The van der Waals surface area contributed by atoms with E-state index in [2.05, 4.69) is 0 Å². The van der Waals surface area contributed by atoms with Crippen LogP contribution in [-0.2, 0) is 0 Å². The molecule has 0 nitrogen and oxygen atoms in total. The Morgan fingerprint density at radius 2 is 1.45 bits per heavy atom. The number of alkyl halides is 6. The van der Waals surface area contributed by atoms with Crippen LogP contribution < -0.4 is 0 Å². The van der Waals surface area contributed by atoms with Crippen LogP contribution in [0.25, 0.3) is 0 Å². The predicted molar refractivity (Wildman–Crippen MR) is 26.4 cm³/mol. The lowest BCUT2D eigenvalue weighted by molar-refractivity contribution is -0.196. The molecule has 0 radical (unpaired) electrons. The molecule has 0 spiro atoms. The third-order valence-corrected chi connectivity index (χ3v) is 1.17. The molecule has 6 heteroatoms. The first kappa shape index (κ1) is 10.6. The van der Waals surface area contributed by atoms with Crippen LogP contribution in [0.3, 0.4) is 0 Å². The Labute approximate surface area is 59.2 Å². The van der Waals surface area contributed by atoms with Crippen molar-refractivity contribution in [1.82, 2.24) is 0 Å². The van der Waals surface area contributed by atoms with Crippen LogP contribution in [0.15, 0.2) is 0 Å². The molecule has 11 heavy (non-hydrogen) atoms. The van der Waals surface area contributed by atoms with E-state index in [9.17, 15) is 26.3 Å². The summed E-state index contributed by atoms with van der Waals surface area (Å²) in [6, 6.07) is 0. The molecule has 0 aliphatic rings. The van der Waals surface area contributed by atoms with Crippen molar-refractivity contribution in [2.24, 2.45) is 5.92 Å². The second-order valence-electron chi connectivity index (χ2n) is 1.97. The minimum absolute atomic E-state index is 1.81. The summed E-state index contributed by atoms with van der Waals surface area (Å²) < 4.78 is 69.3. The van der Waals surface area contributed by atoms with E-state index in [1.54, 1.807) is 0 Å². The average Bonchev–Trinajstić information content (AvgIpc) is 1.86. The van der Waals surface area contributed by atoms with Gasteiger partial charge < -0.3 is 0 Å². The summed E-state index contributed by atoms with van der Waals surface area (Å²) in [5, 5.41) is 0. The number of rotatable bonds is 3. The molecule has 2 atom stereocenters. The molecule has 0 rings (SSSR count). The molecule has 0 aromatic rings. The third kappa shape index (κ3) is 2.98. The topological polar surface area (TPSA) is 0 Å². The molecule has 68 valence electrons. The van der Waals surface area contributed by atoms with Crippen LogP contribution in [0.2, 0.25) is 0 Å². The first-order valence-corrected chi connectivity index (χ1v) is 2.76. The summed E-state index contributed by atoms with van der Waals surface area (Å²) in [6.07, 6.45) is -7.79. The Bertz CT molecular complexity index is 108. The van der Waals surface area contributed by atoms with Crippen molar-refractivity contribution in [3.05, 3.63) is 0 Å². The van der Waals surface area contributed by atoms with E-state index >= 15 is 0 Å². The second kappa shape index (κ2) is 3.82. The van der Waals surface area contributed by atoms with Crippen LogP contribution in [0, 0.1) is 5.92 Å². The molecule has 0 aromatic carbocycles. The lowest BCUT2D eigenvalue weighted by atomic mass is 10.1.